The fourth-order valence-electron chi connectivity index (χ4n) is 1.96. The maximum Gasteiger partial charge on any atom is 0.184 e. The number of nitrogens with one attached hydrogen (secondary N) is 1. The van der Waals surface area contributed by atoms with Crippen LogP contribution >= 0.6 is 22.9 Å². The standard InChI is InChI=1S/C10H15ClN2S/c11-9-7-14-10(13-9)12-6-8-4-2-1-3-5-8/h7-8H,1-6H2,(H,12,13). The molecule has 1 N–H and O–H groups in total. The van der Waals surface area contributed by atoms with Crippen LogP contribution in [0.5, 0.6) is 0 Å². The second-order valence-corrected chi connectivity index (χ2v) is 5.11. The summed E-state index contributed by atoms with van der Waals surface area (Å²) in [7, 11) is 0. The van der Waals surface area contributed by atoms with Gasteiger partial charge >= 0.3 is 0 Å². The normalized spacial score (nSPS) is 18.4. The zero-order valence-electron chi connectivity index (χ0n) is 8.13. The average molecular weight is 231 g/mol. The smallest absolute Gasteiger partial charge is 0.184 e. The highest BCUT2D eigenvalue weighted by molar-refractivity contribution is 7.14. The number of rotatable bonds is 3. The summed E-state index contributed by atoms with van der Waals surface area (Å²) in [6.07, 6.45) is 6.94. The molecule has 14 heavy (non-hydrogen) atoms. The van der Waals surface area contributed by atoms with Crippen LogP contribution in [0.15, 0.2) is 5.38 Å². The highest BCUT2D eigenvalue weighted by atomic mass is 35.5. The van der Waals surface area contributed by atoms with Crippen LogP contribution in [0.25, 0.3) is 0 Å². The first-order chi connectivity index (χ1) is 6.84. The molecule has 1 aliphatic carbocycles. The molecule has 1 aromatic heterocycles. The van der Waals surface area contributed by atoms with Gasteiger partial charge in [-0.05, 0) is 18.8 Å². The molecule has 0 spiro atoms. The quantitative estimate of drug-likeness (QED) is 0.855. The second-order valence-electron chi connectivity index (χ2n) is 3.86. The minimum atomic E-state index is 0.598. The van der Waals surface area contributed by atoms with Gasteiger partial charge in [0.05, 0.1) is 0 Å². The molecule has 4 heteroatoms. The van der Waals surface area contributed by atoms with Gasteiger partial charge in [-0.15, -0.1) is 11.3 Å². The molecule has 1 saturated carbocycles. The molecule has 2 rings (SSSR count). The van der Waals surface area contributed by atoms with Gasteiger partial charge in [-0.2, -0.15) is 0 Å². The lowest BCUT2D eigenvalue weighted by molar-refractivity contribution is 0.373. The Balaban J connectivity index is 1.76. The van der Waals surface area contributed by atoms with Gasteiger partial charge < -0.3 is 5.32 Å². The zero-order chi connectivity index (χ0) is 9.80. The lowest BCUT2D eigenvalue weighted by Crippen LogP contribution is -2.16. The van der Waals surface area contributed by atoms with Gasteiger partial charge in [0, 0.05) is 11.9 Å². The topological polar surface area (TPSA) is 24.9 Å². The molecule has 78 valence electrons. The summed E-state index contributed by atoms with van der Waals surface area (Å²) in [6, 6.07) is 0. The SMILES string of the molecule is Clc1csc(NCC2CCCCC2)n1. The van der Waals surface area contributed by atoms with Crippen LogP contribution in [-0.2, 0) is 0 Å². The van der Waals surface area contributed by atoms with E-state index >= 15 is 0 Å². The monoisotopic (exact) mass is 230 g/mol. The van der Waals surface area contributed by atoms with Crippen LogP contribution in [0.4, 0.5) is 5.13 Å². The molecule has 0 aromatic carbocycles. The minimum Gasteiger partial charge on any atom is -0.361 e. The Kier molecular flexibility index (Phi) is 3.65. The molecule has 2 nitrogen and oxygen atoms in total. The Labute approximate surface area is 93.7 Å². The van der Waals surface area contributed by atoms with Crippen molar-refractivity contribution in [1.82, 2.24) is 4.98 Å². The van der Waals surface area contributed by atoms with Crippen molar-refractivity contribution in [3.8, 4) is 0 Å². The van der Waals surface area contributed by atoms with Gasteiger partial charge in [0.1, 0.15) is 5.15 Å². The van der Waals surface area contributed by atoms with Crippen molar-refractivity contribution in [2.45, 2.75) is 32.1 Å². The van der Waals surface area contributed by atoms with Crippen LogP contribution < -0.4 is 5.32 Å². The highest BCUT2D eigenvalue weighted by Crippen LogP contribution is 2.25. The number of halogens is 1. The maximum absolute atomic E-state index is 5.74. The van der Waals surface area contributed by atoms with E-state index in [4.69, 9.17) is 11.6 Å². The van der Waals surface area contributed by atoms with Crippen molar-refractivity contribution < 1.29 is 0 Å². The Hall–Kier alpha value is -0.280. The summed E-state index contributed by atoms with van der Waals surface area (Å²) < 4.78 is 0. The summed E-state index contributed by atoms with van der Waals surface area (Å²) in [5, 5.41) is 6.78. The molecule has 0 saturated heterocycles. The third-order valence-electron chi connectivity index (χ3n) is 2.74. The Morgan fingerprint density at radius 3 is 2.86 bits per heavy atom. The van der Waals surface area contributed by atoms with E-state index in [9.17, 15) is 0 Å². The van der Waals surface area contributed by atoms with Gasteiger partial charge in [0.25, 0.3) is 0 Å². The van der Waals surface area contributed by atoms with E-state index < -0.39 is 0 Å². The summed E-state index contributed by atoms with van der Waals surface area (Å²) in [4.78, 5) is 4.17. The zero-order valence-corrected chi connectivity index (χ0v) is 9.70. The fourth-order valence-corrected chi connectivity index (χ4v) is 2.81. The van der Waals surface area contributed by atoms with Crippen LogP contribution in [0.1, 0.15) is 32.1 Å². The van der Waals surface area contributed by atoms with Crippen molar-refractivity contribution >= 4 is 28.1 Å². The fraction of sp³-hybridized carbons (Fsp3) is 0.700. The Bertz CT molecular complexity index is 281. The van der Waals surface area contributed by atoms with E-state index in [1.165, 1.54) is 32.1 Å². The lowest BCUT2D eigenvalue weighted by atomic mass is 9.89. The van der Waals surface area contributed by atoms with E-state index in [2.05, 4.69) is 10.3 Å². The second kappa shape index (κ2) is 4.99. The first-order valence-electron chi connectivity index (χ1n) is 5.19. The molecule has 0 aliphatic heterocycles. The van der Waals surface area contributed by atoms with Crippen molar-refractivity contribution in [3.05, 3.63) is 10.5 Å². The van der Waals surface area contributed by atoms with Crippen LogP contribution in [0.3, 0.4) is 0 Å². The van der Waals surface area contributed by atoms with Gasteiger partial charge in [-0.25, -0.2) is 4.98 Å². The number of aromatic nitrogens is 1. The average Bonchev–Trinajstić information content (AvgIpc) is 2.63. The van der Waals surface area contributed by atoms with Gasteiger partial charge in [-0.1, -0.05) is 30.9 Å². The van der Waals surface area contributed by atoms with E-state index in [-0.39, 0.29) is 0 Å². The van der Waals surface area contributed by atoms with Crippen molar-refractivity contribution in [1.29, 1.82) is 0 Å². The molecule has 0 amide bonds. The lowest BCUT2D eigenvalue weighted by Gasteiger charge is -2.21. The van der Waals surface area contributed by atoms with Crippen molar-refractivity contribution in [3.63, 3.8) is 0 Å². The summed E-state index contributed by atoms with van der Waals surface area (Å²) in [5.41, 5.74) is 0. The summed E-state index contributed by atoms with van der Waals surface area (Å²) >= 11 is 7.33. The maximum atomic E-state index is 5.74. The molecule has 1 heterocycles. The molecule has 0 unspecified atom stereocenters. The molecule has 0 atom stereocenters. The van der Waals surface area contributed by atoms with E-state index in [1.807, 2.05) is 5.38 Å². The molecular formula is C10H15ClN2S. The van der Waals surface area contributed by atoms with Gasteiger partial charge in [-0.3, -0.25) is 0 Å². The number of nitrogens with zero attached hydrogens (tertiary/aromatic N) is 1. The number of anilines is 1. The van der Waals surface area contributed by atoms with Crippen LogP contribution in [-0.4, -0.2) is 11.5 Å². The van der Waals surface area contributed by atoms with Gasteiger partial charge in [0.15, 0.2) is 5.13 Å². The summed E-state index contributed by atoms with van der Waals surface area (Å²) in [5.74, 6) is 0.839. The van der Waals surface area contributed by atoms with Crippen LogP contribution in [0.2, 0.25) is 5.15 Å². The third kappa shape index (κ3) is 2.85. The van der Waals surface area contributed by atoms with Crippen LogP contribution in [0, 0.1) is 5.92 Å². The molecule has 0 bridgehead atoms. The largest absolute Gasteiger partial charge is 0.361 e. The highest BCUT2D eigenvalue weighted by Gasteiger charge is 2.13. The Morgan fingerprint density at radius 1 is 1.43 bits per heavy atom. The number of hydrogen-bond acceptors (Lipinski definition) is 3. The summed E-state index contributed by atoms with van der Waals surface area (Å²) in [6.45, 7) is 1.06. The van der Waals surface area contributed by atoms with E-state index in [0.29, 0.717) is 5.15 Å². The molecular weight excluding hydrogens is 216 g/mol. The minimum absolute atomic E-state index is 0.598. The third-order valence-corrected chi connectivity index (χ3v) is 3.87. The molecule has 0 radical (unpaired) electrons. The predicted octanol–water partition coefficient (Wildman–Crippen LogP) is 3.79. The van der Waals surface area contributed by atoms with E-state index in [0.717, 1.165) is 17.6 Å². The molecule has 1 aliphatic rings. The van der Waals surface area contributed by atoms with Gasteiger partial charge in [0.2, 0.25) is 0 Å². The van der Waals surface area contributed by atoms with Crippen molar-refractivity contribution in [2.24, 2.45) is 5.92 Å². The molecule has 1 fully saturated rings. The number of thiazole rings is 1. The van der Waals surface area contributed by atoms with Crippen molar-refractivity contribution in [2.75, 3.05) is 11.9 Å². The predicted molar refractivity (Wildman–Crippen MR) is 62.2 cm³/mol. The first-order valence-corrected chi connectivity index (χ1v) is 6.45. The number of hydrogen-bond donors (Lipinski definition) is 1. The van der Waals surface area contributed by atoms with E-state index in [1.54, 1.807) is 11.3 Å². The first kappa shape index (κ1) is 10.2. The molecule has 1 aromatic rings. The Morgan fingerprint density at radius 2 is 2.21 bits per heavy atom.